The fraction of sp³-hybridized carbons (Fsp3) is 0.688. The molecule has 0 radical (unpaired) electrons. The topological polar surface area (TPSA) is 28.2 Å². The van der Waals surface area contributed by atoms with Gasteiger partial charge in [-0.2, -0.15) is 0 Å². The van der Waals surface area contributed by atoms with Crippen LogP contribution in [0.4, 0.5) is 5.69 Å². The Morgan fingerprint density at radius 3 is 3.05 bits per heavy atom. The Bertz CT molecular complexity index is 414. The molecule has 2 fully saturated rings. The molecule has 104 valence electrons. The summed E-state index contributed by atoms with van der Waals surface area (Å²) in [5.74, 6) is 0.891. The summed E-state index contributed by atoms with van der Waals surface area (Å²) in [5, 5.41) is 3.61. The van der Waals surface area contributed by atoms with Gasteiger partial charge in [0.05, 0.1) is 0 Å². The van der Waals surface area contributed by atoms with Crippen molar-refractivity contribution >= 4 is 5.69 Å². The molecule has 19 heavy (non-hydrogen) atoms. The molecule has 0 bridgehead atoms. The van der Waals surface area contributed by atoms with E-state index in [4.69, 9.17) is 0 Å². The van der Waals surface area contributed by atoms with Crippen LogP contribution in [-0.4, -0.2) is 24.1 Å². The number of hydrogen-bond donors (Lipinski definition) is 1. The third-order valence-electron chi connectivity index (χ3n) is 4.36. The zero-order valence-electron chi connectivity index (χ0n) is 11.9. The van der Waals surface area contributed by atoms with Gasteiger partial charge >= 0.3 is 0 Å². The highest BCUT2D eigenvalue weighted by molar-refractivity contribution is 5.53. The monoisotopic (exact) mass is 259 g/mol. The Morgan fingerprint density at radius 1 is 1.37 bits per heavy atom. The van der Waals surface area contributed by atoms with Crippen molar-refractivity contribution in [2.75, 3.05) is 18.0 Å². The van der Waals surface area contributed by atoms with Crippen LogP contribution in [0.3, 0.4) is 0 Å². The zero-order chi connectivity index (χ0) is 13.1. The normalized spacial score (nSPS) is 23.0. The fourth-order valence-corrected chi connectivity index (χ4v) is 3.10. The van der Waals surface area contributed by atoms with Crippen LogP contribution >= 0.6 is 0 Å². The van der Waals surface area contributed by atoms with Crippen LogP contribution in [0.5, 0.6) is 0 Å². The lowest BCUT2D eigenvalue weighted by atomic mass is 10.0. The predicted molar refractivity (Wildman–Crippen MR) is 79.3 cm³/mol. The van der Waals surface area contributed by atoms with Gasteiger partial charge in [-0.1, -0.05) is 13.3 Å². The second-order valence-electron chi connectivity index (χ2n) is 6.05. The molecule has 2 aliphatic rings. The number of pyridine rings is 1. The first-order valence-corrected chi connectivity index (χ1v) is 7.78. The van der Waals surface area contributed by atoms with Crippen molar-refractivity contribution in [2.45, 2.75) is 51.6 Å². The summed E-state index contributed by atoms with van der Waals surface area (Å²) in [5.41, 5.74) is 2.77. The van der Waals surface area contributed by atoms with Gasteiger partial charge in [0.25, 0.3) is 0 Å². The summed E-state index contributed by atoms with van der Waals surface area (Å²) in [6.45, 7) is 5.71. The highest BCUT2D eigenvalue weighted by Crippen LogP contribution is 2.29. The molecule has 0 amide bonds. The fourth-order valence-electron chi connectivity index (χ4n) is 3.10. The van der Waals surface area contributed by atoms with E-state index in [9.17, 15) is 0 Å². The molecule has 1 aromatic rings. The average Bonchev–Trinajstić information content (AvgIpc) is 3.16. The van der Waals surface area contributed by atoms with E-state index in [2.05, 4.69) is 28.2 Å². The Hall–Kier alpha value is -1.09. The maximum atomic E-state index is 4.30. The van der Waals surface area contributed by atoms with Gasteiger partial charge in [0, 0.05) is 49.3 Å². The predicted octanol–water partition coefficient (Wildman–Crippen LogP) is 2.96. The highest BCUT2D eigenvalue weighted by atomic mass is 15.2. The van der Waals surface area contributed by atoms with Crippen molar-refractivity contribution in [3.8, 4) is 0 Å². The van der Waals surface area contributed by atoms with Crippen LogP contribution in [0.1, 0.15) is 44.6 Å². The van der Waals surface area contributed by atoms with Gasteiger partial charge in [-0.15, -0.1) is 0 Å². The largest absolute Gasteiger partial charge is 0.371 e. The molecule has 1 aliphatic carbocycles. The van der Waals surface area contributed by atoms with E-state index in [1.54, 1.807) is 0 Å². The molecule has 0 spiro atoms. The molecular formula is C16H25N3. The lowest BCUT2D eigenvalue weighted by Gasteiger charge is -2.22. The Balaban J connectivity index is 1.65. The third-order valence-corrected chi connectivity index (χ3v) is 4.36. The molecule has 3 nitrogen and oxygen atoms in total. The van der Waals surface area contributed by atoms with E-state index in [0.29, 0.717) is 0 Å². The van der Waals surface area contributed by atoms with Crippen LogP contribution < -0.4 is 10.2 Å². The zero-order valence-corrected chi connectivity index (χ0v) is 11.9. The molecule has 1 N–H and O–H groups in total. The van der Waals surface area contributed by atoms with Crippen molar-refractivity contribution in [2.24, 2.45) is 5.92 Å². The van der Waals surface area contributed by atoms with E-state index < -0.39 is 0 Å². The van der Waals surface area contributed by atoms with Crippen LogP contribution in [0, 0.1) is 5.92 Å². The van der Waals surface area contributed by atoms with E-state index in [1.807, 2.05) is 12.4 Å². The molecule has 1 atom stereocenters. The SMILES string of the molecule is CCCC1CCN(c2ccncc2CNC2CC2)C1. The number of hydrogen-bond acceptors (Lipinski definition) is 3. The lowest BCUT2D eigenvalue weighted by molar-refractivity contribution is 0.529. The maximum Gasteiger partial charge on any atom is 0.0442 e. The minimum absolute atomic E-state index is 0.763. The van der Waals surface area contributed by atoms with Crippen molar-refractivity contribution in [3.63, 3.8) is 0 Å². The number of rotatable bonds is 6. The first kappa shape index (κ1) is 12.9. The molecule has 1 saturated carbocycles. The Labute approximate surface area is 116 Å². The Morgan fingerprint density at radius 2 is 2.26 bits per heavy atom. The summed E-state index contributed by atoms with van der Waals surface area (Å²) in [7, 11) is 0. The van der Waals surface area contributed by atoms with Gasteiger partial charge in [-0.05, 0) is 37.7 Å². The quantitative estimate of drug-likeness (QED) is 0.851. The number of aromatic nitrogens is 1. The molecule has 1 saturated heterocycles. The molecule has 1 aromatic heterocycles. The molecule has 3 heteroatoms. The minimum Gasteiger partial charge on any atom is -0.371 e. The van der Waals surface area contributed by atoms with E-state index in [1.165, 1.54) is 56.4 Å². The highest BCUT2D eigenvalue weighted by Gasteiger charge is 2.24. The summed E-state index contributed by atoms with van der Waals surface area (Å²) >= 11 is 0. The third kappa shape index (κ3) is 3.27. The molecule has 0 aromatic carbocycles. The Kier molecular flexibility index (Phi) is 4.02. The van der Waals surface area contributed by atoms with Crippen molar-refractivity contribution in [1.82, 2.24) is 10.3 Å². The standard InChI is InChI=1S/C16H25N3/c1-2-3-13-7-9-19(12-13)16-6-8-17-10-14(16)11-18-15-4-5-15/h6,8,10,13,15,18H,2-5,7,9,11-12H2,1H3. The first-order chi connectivity index (χ1) is 9.36. The van der Waals surface area contributed by atoms with Gasteiger partial charge in [0.15, 0.2) is 0 Å². The summed E-state index contributed by atoms with van der Waals surface area (Å²) < 4.78 is 0. The smallest absolute Gasteiger partial charge is 0.0442 e. The van der Waals surface area contributed by atoms with E-state index in [-0.39, 0.29) is 0 Å². The van der Waals surface area contributed by atoms with Gasteiger partial charge in [0.2, 0.25) is 0 Å². The first-order valence-electron chi connectivity index (χ1n) is 7.78. The van der Waals surface area contributed by atoms with E-state index in [0.717, 1.165) is 18.5 Å². The van der Waals surface area contributed by atoms with Crippen LogP contribution in [0.2, 0.25) is 0 Å². The molecule has 1 aliphatic heterocycles. The molecule has 3 rings (SSSR count). The summed E-state index contributed by atoms with van der Waals surface area (Å²) in [6, 6.07) is 2.96. The van der Waals surface area contributed by atoms with Crippen molar-refractivity contribution in [1.29, 1.82) is 0 Å². The lowest BCUT2D eigenvalue weighted by Crippen LogP contribution is -2.23. The minimum atomic E-state index is 0.763. The molecule has 2 heterocycles. The van der Waals surface area contributed by atoms with Crippen LogP contribution in [0.15, 0.2) is 18.5 Å². The summed E-state index contributed by atoms with van der Waals surface area (Å²) in [4.78, 5) is 6.87. The number of anilines is 1. The second-order valence-corrected chi connectivity index (χ2v) is 6.05. The van der Waals surface area contributed by atoms with Crippen molar-refractivity contribution in [3.05, 3.63) is 24.0 Å². The maximum absolute atomic E-state index is 4.30. The van der Waals surface area contributed by atoms with Gasteiger partial charge in [-0.3, -0.25) is 4.98 Å². The van der Waals surface area contributed by atoms with Crippen LogP contribution in [-0.2, 0) is 6.54 Å². The average molecular weight is 259 g/mol. The van der Waals surface area contributed by atoms with Gasteiger partial charge in [-0.25, -0.2) is 0 Å². The van der Waals surface area contributed by atoms with Crippen molar-refractivity contribution < 1.29 is 0 Å². The summed E-state index contributed by atoms with van der Waals surface area (Å²) in [6.07, 6.45) is 10.7. The van der Waals surface area contributed by atoms with Crippen LogP contribution in [0.25, 0.3) is 0 Å². The number of nitrogens with zero attached hydrogens (tertiary/aromatic N) is 2. The molecule has 1 unspecified atom stereocenters. The van der Waals surface area contributed by atoms with Gasteiger partial charge < -0.3 is 10.2 Å². The number of nitrogens with one attached hydrogen (secondary N) is 1. The van der Waals surface area contributed by atoms with Gasteiger partial charge in [0.1, 0.15) is 0 Å². The second kappa shape index (κ2) is 5.91. The van der Waals surface area contributed by atoms with E-state index >= 15 is 0 Å². The molecular weight excluding hydrogens is 234 g/mol.